The monoisotopic (exact) mass is 346 g/mol. The Balaban J connectivity index is 2.37. The minimum Gasteiger partial charge on any atom is -0.277 e. The average molecular weight is 347 g/mol. The third-order valence-electron chi connectivity index (χ3n) is 2.82. The van der Waals surface area contributed by atoms with Crippen LogP contribution in [0.15, 0.2) is 29.8 Å². The van der Waals surface area contributed by atoms with Crippen LogP contribution in [0.2, 0.25) is 5.15 Å². The Morgan fingerprint density at radius 3 is 2.70 bits per heavy atom. The van der Waals surface area contributed by atoms with Gasteiger partial charge in [-0.3, -0.25) is 4.79 Å². The molecule has 23 heavy (non-hydrogen) atoms. The van der Waals surface area contributed by atoms with Gasteiger partial charge in [-0.2, -0.15) is 18.3 Å². The minimum atomic E-state index is -4.65. The van der Waals surface area contributed by atoms with Crippen LogP contribution >= 0.6 is 11.6 Å². The topological polar surface area (TPSA) is 85.1 Å². The molecule has 0 aliphatic rings. The number of carbonyl (C=O) groups excluding carboxylic acids is 1. The van der Waals surface area contributed by atoms with Crippen LogP contribution in [0.5, 0.6) is 0 Å². The van der Waals surface area contributed by atoms with Crippen LogP contribution in [0.3, 0.4) is 0 Å². The third kappa shape index (κ3) is 4.03. The molecule has 0 aliphatic carbocycles. The second-order valence-electron chi connectivity index (χ2n) is 4.34. The van der Waals surface area contributed by atoms with Gasteiger partial charge in [0.05, 0.1) is 11.8 Å². The van der Waals surface area contributed by atoms with Crippen molar-refractivity contribution < 1.29 is 18.0 Å². The molecule has 0 saturated carbocycles. The molecule has 2 heterocycles. The SMILES string of the molecule is CC(C(=NNC=O)c1ccc(Cl)nc1)n1cnc(C(F)(F)F)n1. The van der Waals surface area contributed by atoms with Crippen molar-refractivity contribution in [3.63, 3.8) is 0 Å². The summed E-state index contributed by atoms with van der Waals surface area (Å²) in [7, 11) is 0. The predicted octanol–water partition coefficient (Wildman–Crippen LogP) is 2.06. The molecule has 11 heteroatoms. The average Bonchev–Trinajstić information content (AvgIpc) is 2.99. The first-order valence-corrected chi connectivity index (χ1v) is 6.57. The molecule has 1 amide bonds. The van der Waals surface area contributed by atoms with Crippen LogP contribution in [0, 0.1) is 0 Å². The van der Waals surface area contributed by atoms with E-state index in [9.17, 15) is 18.0 Å². The Morgan fingerprint density at radius 2 is 2.17 bits per heavy atom. The van der Waals surface area contributed by atoms with E-state index >= 15 is 0 Å². The van der Waals surface area contributed by atoms with Gasteiger partial charge >= 0.3 is 6.18 Å². The van der Waals surface area contributed by atoms with Crippen molar-refractivity contribution in [3.8, 4) is 0 Å². The predicted molar refractivity (Wildman–Crippen MR) is 74.7 cm³/mol. The van der Waals surface area contributed by atoms with Gasteiger partial charge in [0, 0.05) is 11.8 Å². The van der Waals surface area contributed by atoms with Crippen molar-refractivity contribution in [1.29, 1.82) is 0 Å². The molecule has 0 aromatic carbocycles. The molecule has 0 fully saturated rings. The van der Waals surface area contributed by atoms with E-state index in [0.717, 1.165) is 11.0 Å². The fourth-order valence-corrected chi connectivity index (χ4v) is 1.85. The van der Waals surface area contributed by atoms with E-state index < -0.39 is 18.0 Å². The Kier molecular flexibility index (Phi) is 4.94. The molecule has 122 valence electrons. The van der Waals surface area contributed by atoms with Gasteiger partial charge in [0.15, 0.2) is 0 Å². The van der Waals surface area contributed by atoms with E-state index in [2.05, 4.69) is 25.6 Å². The Bertz CT molecular complexity index is 712. The molecule has 0 bridgehead atoms. The van der Waals surface area contributed by atoms with Gasteiger partial charge in [-0.1, -0.05) is 11.6 Å². The number of halogens is 4. The Hall–Kier alpha value is -2.49. The van der Waals surface area contributed by atoms with Crippen LogP contribution in [0.1, 0.15) is 24.4 Å². The standard InChI is InChI=1S/C12H10ClF3N6O/c1-7(22-5-18-11(21-22)12(14,15)16)10(20-19-6-23)8-2-3-9(13)17-4-8/h2-7H,1H3,(H,19,23). The molecule has 2 aromatic heterocycles. The number of hydrogen-bond acceptors (Lipinski definition) is 5. The van der Waals surface area contributed by atoms with E-state index in [-0.39, 0.29) is 10.9 Å². The Labute approximate surface area is 133 Å². The lowest BCUT2D eigenvalue weighted by Crippen LogP contribution is -2.22. The number of nitrogens with zero attached hydrogens (tertiary/aromatic N) is 5. The number of hydrogen-bond donors (Lipinski definition) is 1. The summed E-state index contributed by atoms with van der Waals surface area (Å²) in [5.41, 5.74) is 2.81. The molecule has 1 unspecified atom stereocenters. The zero-order chi connectivity index (χ0) is 17.0. The molecular formula is C12H10ClF3N6O. The lowest BCUT2D eigenvalue weighted by Gasteiger charge is -2.14. The maximum absolute atomic E-state index is 12.6. The van der Waals surface area contributed by atoms with Gasteiger partial charge < -0.3 is 0 Å². The number of pyridine rings is 1. The summed E-state index contributed by atoms with van der Waals surface area (Å²) in [4.78, 5) is 17.5. The number of alkyl halides is 3. The second kappa shape index (κ2) is 6.73. The zero-order valence-corrected chi connectivity index (χ0v) is 12.4. The molecule has 1 atom stereocenters. The van der Waals surface area contributed by atoms with Gasteiger partial charge in [0.2, 0.25) is 6.41 Å². The van der Waals surface area contributed by atoms with Crippen molar-refractivity contribution in [2.75, 3.05) is 0 Å². The Morgan fingerprint density at radius 1 is 1.43 bits per heavy atom. The van der Waals surface area contributed by atoms with Crippen LogP contribution < -0.4 is 5.43 Å². The van der Waals surface area contributed by atoms with Crippen molar-refractivity contribution in [2.45, 2.75) is 19.1 Å². The molecule has 0 radical (unpaired) electrons. The number of amides is 1. The fourth-order valence-electron chi connectivity index (χ4n) is 1.74. The highest BCUT2D eigenvalue weighted by Gasteiger charge is 2.36. The molecule has 0 aliphatic heterocycles. The quantitative estimate of drug-likeness (QED) is 0.388. The summed E-state index contributed by atoms with van der Waals surface area (Å²) in [5, 5.41) is 7.47. The van der Waals surface area contributed by atoms with Crippen LogP contribution in [-0.4, -0.2) is 31.9 Å². The van der Waals surface area contributed by atoms with Crippen molar-refractivity contribution >= 4 is 23.7 Å². The molecule has 0 spiro atoms. The number of aromatic nitrogens is 4. The van der Waals surface area contributed by atoms with Crippen LogP contribution in [0.25, 0.3) is 0 Å². The first-order chi connectivity index (χ1) is 10.8. The highest BCUT2D eigenvalue weighted by atomic mass is 35.5. The summed E-state index contributed by atoms with van der Waals surface area (Å²) < 4.78 is 38.7. The lowest BCUT2D eigenvalue weighted by atomic mass is 10.1. The van der Waals surface area contributed by atoms with Crippen molar-refractivity contribution in [2.24, 2.45) is 5.10 Å². The molecular weight excluding hydrogens is 337 g/mol. The van der Waals surface area contributed by atoms with Gasteiger partial charge in [0.1, 0.15) is 11.5 Å². The smallest absolute Gasteiger partial charge is 0.277 e. The van der Waals surface area contributed by atoms with Crippen molar-refractivity contribution in [1.82, 2.24) is 25.2 Å². The molecule has 1 N–H and O–H groups in total. The first-order valence-electron chi connectivity index (χ1n) is 6.20. The van der Waals surface area contributed by atoms with Crippen molar-refractivity contribution in [3.05, 3.63) is 41.2 Å². The summed E-state index contributed by atoms with van der Waals surface area (Å²) >= 11 is 5.70. The maximum atomic E-state index is 12.6. The molecule has 2 aromatic rings. The normalized spacial score (nSPS) is 13.7. The largest absolute Gasteiger partial charge is 0.453 e. The number of rotatable bonds is 5. The molecule has 2 rings (SSSR count). The second-order valence-corrected chi connectivity index (χ2v) is 4.72. The van der Waals surface area contributed by atoms with E-state index in [0.29, 0.717) is 12.0 Å². The van der Waals surface area contributed by atoms with E-state index in [4.69, 9.17) is 11.6 Å². The highest BCUT2D eigenvalue weighted by Crippen LogP contribution is 2.26. The van der Waals surface area contributed by atoms with E-state index in [1.165, 1.54) is 12.3 Å². The van der Waals surface area contributed by atoms with Crippen LogP contribution in [0.4, 0.5) is 13.2 Å². The summed E-state index contributed by atoms with van der Waals surface area (Å²) in [5.74, 6) is -1.26. The maximum Gasteiger partial charge on any atom is 0.453 e. The van der Waals surface area contributed by atoms with Gasteiger partial charge in [-0.05, 0) is 19.1 Å². The van der Waals surface area contributed by atoms with Gasteiger partial charge in [0.25, 0.3) is 5.82 Å². The lowest BCUT2D eigenvalue weighted by molar-refractivity contribution is -0.145. The zero-order valence-electron chi connectivity index (χ0n) is 11.6. The number of carbonyl (C=O) groups is 1. The molecule has 0 saturated heterocycles. The summed E-state index contributed by atoms with van der Waals surface area (Å²) in [6.07, 6.45) is -2.00. The number of nitrogens with one attached hydrogen (secondary N) is 1. The molecule has 7 nitrogen and oxygen atoms in total. The number of hydrazone groups is 1. The fraction of sp³-hybridized carbons (Fsp3) is 0.250. The summed E-state index contributed by atoms with van der Waals surface area (Å²) in [6, 6.07) is 2.32. The minimum absolute atomic E-state index is 0.236. The summed E-state index contributed by atoms with van der Waals surface area (Å²) in [6.45, 7) is 1.55. The first kappa shape index (κ1) is 16.9. The van der Waals surface area contributed by atoms with Gasteiger partial charge in [-0.25, -0.2) is 20.1 Å². The highest BCUT2D eigenvalue weighted by molar-refractivity contribution is 6.29. The van der Waals surface area contributed by atoms with Crippen LogP contribution in [-0.2, 0) is 11.0 Å². The van der Waals surface area contributed by atoms with E-state index in [1.807, 2.05) is 0 Å². The third-order valence-corrected chi connectivity index (χ3v) is 3.04. The van der Waals surface area contributed by atoms with E-state index in [1.54, 1.807) is 13.0 Å². The van der Waals surface area contributed by atoms with Gasteiger partial charge in [-0.15, -0.1) is 5.10 Å².